The van der Waals surface area contributed by atoms with Crippen LogP contribution in [0.15, 0.2) is 73.3 Å². The zero-order chi connectivity index (χ0) is 28.3. The van der Waals surface area contributed by atoms with Crippen LogP contribution >= 0.6 is 11.6 Å². The molecule has 1 atom stereocenters. The van der Waals surface area contributed by atoms with Gasteiger partial charge in [0, 0.05) is 31.2 Å². The average molecular weight is 569 g/mol. The van der Waals surface area contributed by atoms with E-state index in [2.05, 4.69) is 26.9 Å². The van der Waals surface area contributed by atoms with E-state index in [0.29, 0.717) is 17.1 Å². The number of alkyl halides is 3. The molecule has 1 aliphatic rings. The number of para-hydroxylation sites is 1. The van der Waals surface area contributed by atoms with Crippen LogP contribution in [0.2, 0.25) is 5.15 Å². The molecule has 3 aromatic heterocycles. The normalized spacial score (nSPS) is 15.0. The fraction of sp³-hybridized carbons (Fsp3) is 0.310. The van der Waals surface area contributed by atoms with Gasteiger partial charge in [0.15, 0.2) is 5.15 Å². The van der Waals surface area contributed by atoms with Gasteiger partial charge in [-0.15, -0.1) is 0 Å². The summed E-state index contributed by atoms with van der Waals surface area (Å²) < 4.78 is 40.4. The summed E-state index contributed by atoms with van der Waals surface area (Å²) in [7, 11) is 0. The van der Waals surface area contributed by atoms with Gasteiger partial charge in [-0.1, -0.05) is 42.3 Å². The van der Waals surface area contributed by atoms with E-state index >= 15 is 0 Å². The number of nitrogens with zero attached hydrogens (tertiary/aromatic N) is 6. The Labute approximate surface area is 235 Å². The molecule has 11 heteroatoms. The lowest BCUT2D eigenvalue weighted by Crippen LogP contribution is -2.28. The van der Waals surface area contributed by atoms with Crippen molar-refractivity contribution in [3.8, 4) is 5.69 Å². The van der Waals surface area contributed by atoms with Crippen LogP contribution < -0.4 is 9.80 Å². The SMILES string of the molecule is CCN(CCCCC1C(=O)N(Cc2ccc(C(F)(F)F)nc2)c2ccccc21)c1cn(-c2cccnc2)nc1Cl. The Kier molecular flexibility index (Phi) is 8.07. The van der Waals surface area contributed by atoms with Crippen LogP contribution in [-0.4, -0.2) is 38.7 Å². The van der Waals surface area contributed by atoms with Gasteiger partial charge in [0.25, 0.3) is 0 Å². The smallest absolute Gasteiger partial charge is 0.368 e. The van der Waals surface area contributed by atoms with Crippen molar-refractivity contribution in [3.05, 3.63) is 95.3 Å². The Balaban J connectivity index is 1.22. The predicted octanol–water partition coefficient (Wildman–Crippen LogP) is 6.66. The number of rotatable bonds is 10. The minimum atomic E-state index is -4.50. The highest BCUT2D eigenvalue weighted by atomic mass is 35.5. The van der Waals surface area contributed by atoms with Gasteiger partial charge in [0.2, 0.25) is 5.91 Å². The highest BCUT2D eigenvalue weighted by Crippen LogP contribution is 2.41. The first kappa shape index (κ1) is 27.6. The first-order valence-corrected chi connectivity index (χ1v) is 13.5. The van der Waals surface area contributed by atoms with E-state index in [-0.39, 0.29) is 18.4 Å². The third kappa shape index (κ3) is 5.82. The Morgan fingerprint density at radius 1 is 1.05 bits per heavy atom. The quantitative estimate of drug-likeness (QED) is 0.200. The summed E-state index contributed by atoms with van der Waals surface area (Å²) in [6.07, 6.45) is 4.32. The molecule has 208 valence electrons. The molecule has 0 N–H and O–H groups in total. The predicted molar refractivity (Wildman–Crippen MR) is 148 cm³/mol. The van der Waals surface area contributed by atoms with Crippen molar-refractivity contribution in [3.63, 3.8) is 0 Å². The number of halogens is 4. The number of aromatic nitrogens is 4. The molecule has 1 aromatic carbocycles. The fourth-order valence-corrected chi connectivity index (χ4v) is 5.31. The fourth-order valence-electron chi connectivity index (χ4n) is 5.06. The van der Waals surface area contributed by atoms with Gasteiger partial charge in [0.05, 0.1) is 36.2 Å². The summed E-state index contributed by atoms with van der Waals surface area (Å²) in [6.45, 7) is 3.72. The number of pyridine rings is 2. The van der Waals surface area contributed by atoms with Crippen molar-refractivity contribution in [2.24, 2.45) is 0 Å². The summed E-state index contributed by atoms with van der Waals surface area (Å²) in [5.74, 6) is -0.347. The molecule has 0 saturated heterocycles. The number of hydrogen-bond donors (Lipinski definition) is 0. The van der Waals surface area contributed by atoms with Crippen molar-refractivity contribution in [1.82, 2.24) is 19.7 Å². The Morgan fingerprint density at radius 2 is 1.88 bits per heavy atom. The number of amides is 1. The molecule has 0 spiro atoms. The van der Waals surface area contributed by atoms with Gasteiger partial charge in [-0.25, -0.2) is 4.68 Å². The van der Waals surface area contributed by atoms with E-state index in [1.807, 2.05) is 42.6 Å². The zero-order valence-corrected chi connectivity index (χ0v) is 22.6. The van der Waals surface area contributed by atoms with Crippen molar-refractivity contribution in [2.75, 3.05) is 22.9 Å². The van der Waals surface area contributed by atoms with E-state index in [1.54, 1.807) is 22.0 Å². The average Bonchev–Trinajstić information content (AvgIpc) is 3.46. The summed E-state index contributed by atoms with van der Waals surface area (Å²) in [4.78, 5) is 24.9. The minimum absolute atomic E-state index is 0.0470. The molecular weight excluding hydrogens is 541 g/mol. The number of anilines is 2. The second-order valence-electron chi connectivity index (χ2n) is 9.62. The van der Waals surface area contributed by atoms with Gasteiger partial charge in [-0.05, 0) is 55.2 Å². The maximum atomic E-state index is 13.5. The lowest BCUT2D eigenvalue weighted by Gasteiger charge is -2.22. The van der Waals surface area contributed by atoms with Crippen molar-refractivity contribution in [2.45, 2.75) is 44.8 Å². The van der Waals surface area contributed by atoms with Crippen LogP contribution in [0.3, 0.4) is 0 Å². The van der Waals surface area contributed by atoms with E-state index in [4.69, 9.17) is 11.6 Å². The number of unbranched alkanes of at least 4 members (excludes halogenated alkanes) is 1. The zero-order valence-electron chi connectivity index (χ0n) is 21.9. The molecule has 0 aliphatic carbocycles. The lowest BCUT2D eigenvalue weighted by atomic mass is 9.95. The van der Waals surface area contributed by atoms with Gasteiger partial charge in [-0.3, -0.25) is 14.8 Å². The molecule has 1 unspecified atom stereocenters. The van der Waals surface area contributed by atoms with Gasteiger partial charge >= 0.3 is 6.18 Å². The monoisotopic (exact) mass is 568 g/mol. The van der Waals surface area contributed by atoms with Crippen LogP contribution in [-0.2, 0) is 17.5 Å². The van der Waals surface area contributed by atoms with E-state index in [9.17, 15) is 18.0 Å². The number of fused-ring (bicyclic) bond motifs is 1. The summed E-state index contributed by atoms with van der Waals surface area (Å²) >= 11 is 6.47. The molecule has 5 rings (SSSR count). The van der Waals surface area contributed by atoms with E-state index < -0.39 is 11.9 Å². The van der Waals surface area contributed by atoms with Crippen LogP contribution in [0.5, 0.6) is 0 Å². The molecule has 0 radical (unpaired) electrons. The van der Waals surface area contributed by atoms with Crippen LogP contribution in [0.4, 0.5) is 24.5 Å². The summed E-state index contributed by atoms with van der Waals surface area (Å²) in [6, 6.07) is 13.7. The third-order valence-electron chi connectivity index (χ3n) is 7.08. The first-order chi connectivity index (χ1) is 19.3. The maximum Gasteiger partial charge on any atom is 0.433 e. The molecule has 4 aromatic rings. The number of benzene rings is 1. The van der Waals surface area contributed by atoms with Gasteiger partial charge in [0.1, 0.15) is 5.69 Å². The molecular formula is C29H28ClF3N6O. The summed E-state index contributed by atoms with van der Waals surface area (Å²) in [5.41, 5.74) is 2.99. The molecule has 40 heavy (non-hydrogen) atoms. The minimum Gasteiger partial charge on any atom is -0.368 e. The topological polar surface area (TPSA) is 67.2 Å². The van der Waals surface area contributed by atoms with Crippen LogP contribution in [0.25, 0.3) is 5.69 Å². The number of carbonyl (C=O) groups excluding carboxylic acids is 1. The molecule has 1 aliphatic heterocycles. The lowest BCUT2D eigenvalue weighted by molar-refractivity contribution is -0.141. The second-order valence-corrected chi connectivity index (χ2v) is 9.98. The standard InChI is InChI=1S/C29H28ClF3N6O/c1-2-37(25-19-39(36-27(25)30)21-8-7-14-34-17-21)15-6-5-10-23-22-9-3-4-11-24(22)38(28(23)40)18-20-12-13-26(35-16-20)29(31,32)33/h3-4,7-9,11-14,16-17,19,23H,2,5-6,10,15,18H2,1H3. The van der Waals surface area contributed by atoms with Crippen molar-refractivity contribution in [1.29, 1.82) is 0 Å². The van der Waals surface area contributed by atoms with E-state index in [1.165, 1.54) is 12.3 Å². The molecule has 4 heterocycles. The second kappa shape index (κ2) is 11.7. The van der Waals surface area contributed by atoms with Crippen LogP contribution in [0, 0.1) is 0 Å². The van der Waals surface area contributed by atoms with Crippen molar-refractivity contribution < 1.29 is 18.0 Å². The first-order valence-electron chi connectivity index (χ1n) is 13.1. The van der Waals surface area contributed by atoms with Gasteiger partial charge < -0.3 is 9.80 Å². The molecule has 0 saturated carbocycles. The summed E-state index contributed by atoms with van der Waals surface area (Å²) in [5, 5.41) is 4.84. The van der Waals surface area contributed by atoms with Crippen molar-refractivity contribution >= 4 is 28.9 Å². The number of hydrogen-bond acceptors (Lipinski definition) is 5. The highest BCUT2D eigenvalue weighted by molar-refractivity contribution is 6.32. The molecule has 1 amide bonds. The molecule has 0 bridgehead atoms. The molecule has 7 nitrogen and oxygen atoms in total. The highest BCUT2D eigenvalue weighted by Gasteiger charge is 2.37. The van der Waals surface area contributed by atoms with Gasteiger partial charge in [-0.2, -0.15) is 18.3 Å². The Bertz CT molecular complexity index is 1460. The Morgan fingerprint density at radius 3 is 2.58 bits per heavy atom. The molecule has 0 fully saturated rings. The third-order valence-corrected chi connectivity index (χ3v) is 7.35. The number of carbonyl (C=O) groups is 1. The Hall–Kier alpha value is -3.92. The maximum absolute atomic E-state index is 13.5. The van der Waals surface area contributed by atoms with Crippen LogP contribution in [0.1, 0.15) is 48.9 Å². The van der Waals surface area contributed by atoms with E-state index in [0.717, 1.165) is 54.6 Å². The largest absolute Gasteiger partial charge is 0.433 e.